The fraction of sp³-hybridized carbons (Fsp3) is 0.417. The topological polar surface area (TPSA) is 57.5 Å². The molecule has 2 N–H and O–H groups in total. The smallest absolute Gasteiger partial charge is 0.339 e. The molecule has 0 unspecified atom stereocenters. The Labute approximate surface area is 91.4 Å². The maximum Gasteiger partial charge on any atom is 0.339 e. The molecule has 0 amide bonds. The zero-order valence-corrected chi connectivity index (χ0v) is 10.0. The van der Waals surface area contributed by atoms with Crippen LogP contribution in [0.2, 0.25) is 0 Å². The van der Waals surface area contributed by atoms with E-state index in [1.54, 1.807) is 19.1 Å². The predicted octanol–water partition coefficient (Wildman–Crippen LogP) is 3.45. The van der Waals surface area contributed by atoms with Crippen LogP contribution < -0.4 is 0 Å². The predicted molar refractivity (Wildman–Crippen MR) is 62.5 cm³/mol. The van der Waals surface area contributed by atoms with Gasteiger partial charge in [0.25, 0.3) is 0 Å². The van der Waals surface area contributed by atoms with E-state index in [4.69, 9.17) is 5.11 Å². The molecule has 0 saturated carbocycles. The first kappa shape index (κ1) is 15.9. The molecule has 0 radical (unpaired) electrons. The van der Waals surface area contributed by atoms with E-state index in [2.05, 4.69) is 0 Å². The number of carboxylic acid groups (broad SMARTS) is 1. The van der Waals surface area contributed by atoms with Crippen molar-refractivity contribution in [2.75, 3.05) is 0 Å². The minimum absolute atomic E-state index is 0.0509. The molecule has 15 heavy (non-hydrogen) atoms. The van der Waals surface area contributed by atoms with Crippen LogP contribution in [-0.2, 0) is 0 Å². The zero-order chi connectivity index (χ0) is 12.4. The SMILES string of the molecule is CC.CC.Cc1cccc(C(=O)O)c1O. The third-order valence-corrected chi connectivity index (χ3v) is 1.47. The Balaban J connectivity index is 0. The van der Waals surface area contributed by atoms with Crippen molar-refractivity contribution >= 4 is 5.97 Å². The Morgan fingerprint density at radius 2 is 1.60 bits per heavy atom. The summed E-state index contributed by atoms with van der Waals surface area (Å²) in [7, 11) is 0. The second kappa shape index (κ2) is 9.06. The summed E-state index contributed by atoms with van der Waals surface area (Å²) in [6, 6.07) is 4.62. The molecule has 0 aliphatic carbocycles. The van der Waals surface area contributed by atoms with Gasteiger partial charge >= 0.3 is 5.97 Å². The highest BCUT2D eigenvalue weighted by atomic mass is 16.4. The van der Waals surface area contributed by atoms with Crippen LogP contribution >= 0.6 is 0 Å². The van der Waals surface area contributed by atoms with Gasteiger partial charge in [-0.25, -0.2) is 4.79 Å². The van der Waals surface area contributed by atoms with Gasteiger partial charge in [-0.1, -0.05) is 39.8 Å². The van der Waals surface area contributed by atoms with Crippen LogP contribution in [0.4, 0.5) is 0 Å². The fourth-order valence-electron chi connectivity index (χ4n) is 0.832. The lowest BCUT2D eigenvalue weighted by atomic mass is 10.1. The van der Waals surface area contributed by atoms with Crippen molar-refractivity contribution in [3.8, 4) is 5.75 Å². The minimum Gasteiger partial charge on any atom is -0.507 e. The Morgan fingerprint density at radius 3 is 1.93 bits per heavy atom. The van der Waals surface area contributed by atoms with E-state index in [-0.39, 0.29) is 11.3 Å². The monoisotopic (exact) mass is 212 g/mol. The lowest BCUT2D eigenvalue weighted by Gasteiger charge is -2.00. The molecule has 0 fully saturated rings. The quantitative estimate of drug-likeness (QED) is 0.749. The third-order valence-electron chi connectivity index (χ3n) is 1.47. The van der Waals surface area contributed by atoms with E-state index >= 15 is 0 Å². The third kappa shape index (κ3) is 5.05. The van der Waals surface area contributed by atoms with Gasteiger partial charge in [0.05, 0.1) is 0 Å². The Hall–Kier alpha value is -1.51. The molecule has 0 atom stereocenters. The van der Waals surface area contributed by atoms with Crippen LogP contribution in [0.5, 0.6) is 5.75 Å². The van der Waals surface area contributed by atoms with E-state index in [9.17, 15) is 9.90 Å². The van der Waals surface area contributed by atoms with Gasteiger partial charge in [-0.3, -0.25) is 0 Å². The van der Waals surface area contributed by atoms with Gasteiger partial charge in [0.2, 0.25) is 0 Å². The molecule has 0 saturated heterocycles. The molecule has 86 valence electrons. The van der Waals surface area contributed by atoms with Crippen LogP contribution in [0.25, 0.3) is 0 Å². The highest BCUT2D eigenvalue weighted by Crippen LogP contribution is 2.20. The number of aromatic carboxylic acids is 1. The average molecular weight is 212 g/mol. The first-order chi connectivity index (χ1) is 7.13. The van der Waals surface area contributed by atoms with E-state index in [0.29, 0.717) is 5.56 Å². The van der Waals surface area contributed by atoms with Gasteiger partial charge in [-0.2, -0.15) is 0 Å². The summed E-state index contributed by atoms with van der Waals surface area (Å²) in [4.78, 5) is 10.4. The number of carbonyl (C=O) groups is 1. The number of phenols is 1. The van der Waals surface area contributed by atoms with Crippen LogP contribution in [-0.4, -0.2) is 16.2 Å². The van der Waals surface area contributed by atoms with Crippen LogP contribution in [0.15, 0.2) is 18.2 Å². The standard InChI is InChI=1S/C8H8O3.2C2H6/c1-5-3-2-4-6(7(5)9)8(10)11;2*1-2/h2-4,9H,1H3,(H,10,11);2*1-2H3. The number of aromatic hydroxyl groups is 1. The maximum atomic E-state index is 10.4. The van der Waals surface area contributed by atoms with E-state index in [1.807, 2.05) is 27.7 Å². The second-order valence-electron chi connectivity index (χ2n) is 2.28. The second-order valence-corrected chi connectivity index (χ2v) is 2.28. The lowest BCUT2D eigenvalue weighted by Crippen LogP contribution is -1.96. The van der Waals surface area contributed by atoms with Crippen LogP contribution in [0.3, 0.4) is 0 Å². The largest absolute Gasteiger partial charge is 0.507 e. The van der Waals surface area contributed by atoms with Gasteiger partial charge < -0.3 is 10.2 Å². The average Bonchev–Trinajstić information content (AvgIpc) is 2.27. The summed E-state index contributed by atoms with van der Waals surface area (Å²) in [6.07, 6.45) is 0. The van der Waals surface area contributed by atoms with Crippen molar-refractivity contribution in [3.63, 3.8) is 0 Å². The van der Waals surface area contributed by atoms with Crippen LogP contribution in [0, 0.1) is 6.92 Å². The van der Waals surface area contributed by atoms with Gasteiger partial charge in [-0.15, -0.1) is 0 Å². The number of hydrogen-bond acceptors (Lipinski definition) is 2. The summed E-state index contributed by atoms with van der Waals surface area (Å²) < 4.78 is 0. The first-order valence-corrected chi connectivity index (χ1v) is 5.15. The number of aryl methyl sites for hydroxylation is 1. The molecule has 3 heteroatoms. The number of hydrogen-bond donors (Lipinski definition) is 2. The molecule has 1 aromatic carbocycles. The molecule has 1 aromatic rings. The maximum absolute atomic E-state index is 10.4. The summed E-state index contributed by atoms with van der Waals surface area (Å²) in [5.41, 5.74) is 0.523. The van der Waals surface area contributed by atoms with Gasteiger partial charge in [0, 0.05) is 0 Å². The van der Waals surface area contributed by atoms with E-state index in [0.717, 1.165) is 0 Å². The molecule has 0 aromatic heterocycles. The van der Waals surface area contributed by atoms with Crippen molar-refractivity contribution < 1.29 is 15.0 Å². The number of rotatable bonds is 1. The molecule has 0 aliphatic rings. The highest BCUT2D eigenvalue weighted by Gasteiger charge is 2.09. The lowest BCUT2D eigenvalue weighted by molar-refractivity contribution is 0.0693. The molecule has 3 nitrogen and oxygen atoms in total. The Bertz CT molecular complexity index is 293. The summed E-state index contributed by atoms with van der Waals surface area (Å²) in [6.45, 7) is 9.65. The molecule has 0 heterocycles. The Kier molecular flexibility index (Phi) is 9.63. The molecular weight excluding hydrogens is 192 g/mol. The minimum atomic E-state index is -1.11. The molecule has 1 rings (SSSR count). The zero-order valence-electron chi connectivity index (χ0n) is 10.0. The van der Waals surface area contributed by atoms with E-state index in [1.165, 1.54) is 6.07 Å². The van der Waals surface area contributed by atoms with Crippen molar-refractivity contribution in [1.29, 1.82) is 0 Å². The summed E-state index contributed by atoms with van der Waals surface area (Å²) in [5.74, 6) is -1.26. The van der Waals surface area contributed by atoms with E-state index < -0.39 is 5.97 Å². The fourth-order valence-corrected chi connectivity index (χ4v) is 0.832. The van der Waals surface area contributed by atoms with Gasteiger partial charge in [0.1, 0.15) is 11.3 Å². The van der Waals surface area contributed by atoms with Gasteiger partial charge in [-0.05, 0) is 18.6 Å². The first-order valence-electron chi connectivity index (χ1n) is 5.15. The van der Waals surface area contributed by atoms with Crippen molar-refractivity contribution in [3.05, 3.63) is 29.3 Å². The van der Waals surface area contributed by atoms with Crippen molar-refractivity contribution in [2.24, 2.45) is 0 Å². The van der Waals surface area contributed by atoms with Crippen LogP contribution in [0.1, 0.15) is 43.6 Å². The van der Waals surface area contributed by atoms with Crippen molar-refractivity contribution in [2.45, 2.75) is 34.6 Å². The number of para-hydroxylation sites is 1. The number of carboxylic acids is 1. The summed E-state index contributed by atoms with van der Waals surface area (Å²) >= 11 is 0. The molecule has 0 spiro atoms. The molecular formula is C12H20O3. The highest BCUT2D eigenvalue weighted by molar-refractivity contribution is 5.91. The van der Waals surface area contributed by atoms with Gasteiger partial charge in [0.15, 0.2) is 0 Å². The Morgan fingerprint density at radius 1 is 1.13 bits per heavy atom. The molecule has 0 bridgehead atoms. The molecule has 0 aliphatic heterocycles. The normalized spacial score (nSPS) is 7.80. The summed E-state index contributed by atoms with van der Waals surface area (Å²) in [5, 5.41) is 17.7. The van der Waals surface area contributed by atoms with Crippen molar-refractivity contribution in [1.82, 2.24) is 0 Å². The number of benzene rings is 1.